The quantitative estimate of drug-likeness (QED) is 0.896. The smallest absolute Gasteiger partial charge is 0.197 e. The predicted molar refractivity (Wildman–Crippen MR) is 74.0 cm³/mol. The topological polar surface area (TPSA) is 64.3 Å². The molecule has 0 radical (unpaired) electrons. The van der Waals surface area contributed by atoms with Crippen LogP contribution in [0.5, 0.6) is 5.75 Å². The van der Waals surface area contributed by atoms with E-state index in [0.29, 0.717) is 11.6 Å². The lowest BCUT2D eigenvalue weighted by Gasteiger charge is -2.21. The third-order valence-corrected chi connectivity index (χ3v) is 3.51. The van der Waals surface area contributed by atoms with Gasteiger partial charge in [-0.3, -0.25) is 4.98 Å². The molecule has 0 atom stereocenters. The zero-order chi connectivity index (χ0) is 13.0. The van der Waals surface area contributed by atoms with E-state index in [4.69, 9.17) is 10.5 Å². The van der Waals surface area contributed by atoms with E-state index in [1.54, 1.807) is 13.3 Å². The van der Waals surface area contributed by atoms with E-state index in [0.717, 1.165) is 23.8 Å². The van der Waals surface area contributed by atoms with Crippen LogP contribution >= 0.6 is 11.5 Å². The highest BCUT2D eigenvalue weighted by Crippen LogP contribution is 2.38. The van der Waals surface area contributed by atoms with E-state index in [2.05, 4.69) is 21.2 Å². The number of nitrogens with two attached hydrogens (primary N) is 1. The Morgan fingerprint density at radius 1 is 1.44 bits per heavy atom. The normalized spacial score (nSPS) is 10.3. The molecule has 96 valence electrons. The van der Waals surface area contributed by atoms with Gasteiger partial charge in [0.05, 0.1) is 19.3 Å². The first-order chi connectivity index (χ1) is 8.76. The monoisotopic (exact) mass is 264 g/mol. The first-order valence-corrected chi connectivity index (χ1v) is 6.47. The number of rotatable bonds is 5. The summed E-state index contributed by atoms with van der Waals surface area (Å²) in [5.74, 6) is 1.09. The summed E-state index contributed by atoms with van der Waals surface area (Å²) in [5.41, 5.74) is 6.78. The maximum Gasteiger partial charge on any atom is 0.197 e. The standard InChI is InChI=1S/C12H16N4OS/c1-3-16(8-9-6-4-5-7-14-9)12-10(17-2)11(13)15-18-12/h4-7H,3,8H2,1-2H3,(H2,13,15). The Kier molecular flexibility index (Phi) is 3.99. The van der Waals surface area contributed by atoms with Gasteiger partial charge in [-0.15, -0.1) is 0 Å². The summed E-state index contributed by atoms with van der Waals surface area (Å²) >= 11 is 1.35. The zero-order valence-corrected chi connectivity index (χ0v) is 11.3. The molecule has 0 saturated heterocycles. The van der Waals surface area contributed by atoms with Gasteiger partial charge in [0.2, 0.25) is 0 Å². The lowest BCUT2D eigenvalue weighted by molar-refractivity contribution is 0.417. The van der Waals surface area contributed by atoms with Gasteiger partial charge in [-0.05, 0) is 30.6 Å². The third kappa shape index (κ3) is 2.53. The second-order valence-electron chi connectivity index (χ2n) is 3.74. The van der Waals surface area contributed by atoms with Crippen LogP contribution in [0.4, 0.5) is 10.8 Å². The van der Waals surface area contributed by atoms with Gasteiger partial charge in [0, 0.05) is 12.7 Å². The van der Waals surface area contributed by atoms with Crippen molar-refractivity contribution in [1.82, 2.24) is 9.36 Å². The van der Waals surface area contributed by atoms with Crippen LogP contribution in [0.1, 0.15) is 12.6 Å². The Morgan fingerprint density at radius 2 is 2.28 bits per heavy atom. The number of hydrogen-bond acceptors (Lipinski definition) is 6. The molecule has 6 heteroatoms. The highest BCUT2D eigenvalue weighted by molar-refractivity contribution is 7.11. The summed E-state index contributed by atoms with van der Waals surface area (Å²) in [7, 11) is 1.61. The molecule has 5 nitrogen and oxygen atoms in total. The minimum atomic E-state index is 0.442. The van der Waals surface area contributed by atoms with Crippen molar-refractivity contribution in [2.24, 2.45) is 0 Å². The predicted octanol–water partition coefficient (Wildman–Crippen LogP) is 2.16. The maximum absolute atomic E-state index is 5.77. The molecule has 0 unspecified atom stereocenters. The molecular weight excluding hydrogens is 248 g/mol. The van der Waals surface area contributed by atoms with Gasteiger partial charge in [-0.25, -0.2) is 0 Å². The first-order valence-electron chi connectivity index (χ1n) is 5.70. The minimum Gasteiger partial charge on any atom is -0.490 e. The molecule has 0 aliphatic heterocycles. The van der Waals surface area contributed by atoms with E-state index in [-0.39, 0.29) is 0 Å². The van der Waals surface area contributed by atoms with Gasteiger partial charge in [-0.1, -0.05) is 6.07 Å². The number of nitrogens with zero attached hydrogens (tertiary/aromatic N) is 3. The van der Waals surface area contributed by atoms with Crippen LogP contribution in [0, 0.1) is 0 Å². The van der Waals surface area contributed by atoms with Crippen LogP contribution in [0.2, 0.25) is 0 Å². The van der Waals surface area contributed by atoms with Crippen molar-refractivity contribution in [3.63, 3.8) is 0 Å². The molecule has 0 aliphatic rings. The van der Waals surface area contributed by atoms with Crippen LogP contribution in [-0.4, -0.2) is 23.0 Å². The molecule has 0 aliphatic carbocycles. The molecule has 0 amide bonds. The molecule has 2 aromatic heterocycles. The van der Waals surface area contributed by atoms with Crippen LogP contribution in [0.15, 0.2) is 24.4 Å². The average Bonchev–Trinajstić information content (AvgIpc) is 2.78. The van der Waals surface area contributed by atoms with Crippen molar-refractivity contribution in [2.75, 3.05) is 24.3 Å². The minimum absolute atomic E-state index is 0.442. The van der Waals surface area contributed by atoms with E-state index in [1.165, 1.54) is 11.5 Å². The molecule has 18 heavy (non-hydrogen) atoms. The van der Waals surface area contributed by atoms with E-state index >= 15 is 0 Å². The maximum atomic E-state index is 5.77. The lowest BCUT2D eigenvalue weighted by Crippen LogP contribution is -2.22. The van der Waals surface area contributed by atoms with Crippen molar-refractivity contribution < 1.29 is 4.74 Å². The molecule has 0 fully saturated rings. The van der Waals surface area contributed by atoms with Gasteiger partial charge in [0.1, 0.15) is 0 Å². The number of anilines is 2. The Morgan fingerprint density at radius 3 is 2.89 bits per heavy atom. The lowest BCUT2D eigenvalue weighted by atomic mass is 10.3. The van der Waals surface area contributed by atoms with Crippen molar-refractivity contribution in [3.8, 4) is 5.75 Å². The molecule has 2 heterocycles. The summed E-state index contributed by atoms with van der Waals surface area (Å²) in [6.45, 7) is 3.64. The van der Waals surface area contributed by atoms with Crippen molar-refractivity contribution in [1.29, 1.82) is 0 Å². The van der Waals surface area contributed by atoms with Crippen molar-refractivity contribution in [2.45, 2.75) is 13.5 Å². The van der Waals surface area contributed by atoms with E-state index in [9.17, 15) is 0 Å². The summed E-state index contributed by atoms with van der Waals surface area (Å²) in [6, 6.07) is 5.89. The van der Waals surface area contributed by atoms with Gasteiger partial charge in [-0.2, -0.15) is 4.37 Å². The van der Waals surface area contributed by atoms with Gasteiger partial charge in [0.15, 0.2) is 16.6 Å². The van der Waals surface area contributed by atoms with Gasteiger partial charge in [0.25, 0.3) is 0 Å². The van der Waals surface area contributed by atoms with Gasteiger partial charge < -0.3 is 15.4 Å². The molecule has 2 N–H and O–H groups in total. The van der Waals surface area contributed by atoms with Crippen molar-refractivity contribution in [3.05, 3.63) is 30.1 Å². The summed E-state index contributed by atoms with van der Waals surface area (Å²) < 4.78 is 9.43. The molecule has 0 spiro atoms. The van der Waals surface area contributed by atoms with Crippen LogP contribution in [-0.2, 0) is 6.54 Å². The molecule has 0 saturated carbocycles. The molecule has 0 aromatic carbocycles. The summed E-state index contributed by atoms with van der Waals surface area (Å²) in [4.78, 5) is 6.47. The number of ether oxygens (including phenoxy) is 1. The summed E-state index contributed by atoms with van der Waals surface area (Å²) in [5, 5.41) is 0.947. The second-order valence-corrected chi connectivity index (χ2v) is 4.49. The number of aromatic nitrogens is 2. The number of pyridine rings is 1. The second kappa shape index (κ2) is 5.68. The first kappa shape index (κ1) is 12.6. The average molecular weight is 264 g/mol. The van der Waals surface area contributed by atoms with Crippen LogP contribution < -0.4 is 15.4 Å². The SMILES string of the molecule is CCN(Cc1ccccn1)c1snc(N)c1OC. The number of nitrogen functional groups attached to an aromatic ring is 1. The third-order valence-electron chi connectivity index (χ3n) is 2.61. The fourth-order valence-electron chi connectivity index (χ4n) is 1.69. The highest BCUT2D eigenvalue weighted by Gasteiger charge is 2.17. The molecule has 0 bridgehead atoms. The Labute approximate surface area is 110 Å². The fourth-order valence-corrected chi connectivity index (χ4v) is 2.54. The highest BCUT2D eigenvalue weighted by atomic mass is 32.1. The number of methoxy groups -OCH3 is 1. The van der Waals surface area contributed by atoms with E-state index in [1.807, 2.05) is 18.2 Å². The van der Waals surface area contributed by atoms with Gasteiger partial charge >= 0.3 is 0 Å². The molecular formula is C12H16N4OS. The van der Waals surface area contributed by atoms with E-state index < -0.39 is 0 Å². The fraction of sp³-hybridized carbons (Fsp3) is 0.333. The number of hydrogen-bond donors (Lipinski definition) is 1. The van der Waals surface area contributed by atoms with Crippen molar-refractivity contribution >= 4 is 22.4 Å². The molecule has 2 aromatic rings. The Balaban J connectivity index is 2.23. The van der Waals surface area contributed by atoms with Crippen LogP contribution in [0.25, 0.3) is 0 Å². The Hall–Kier alpha value is -1.82. The Bertz CT molecular complexity index is 500. The largest absolute Gasteiger partial charge is 0.490 e. The molecule has 2 rings (SSSR count). The summed E-state index contributed by atoms with van der Waals surface area (Å²) in [6.07, 6.45) is 1.79. The van der Waals surface area contributed by atoms with Crippen LogP contribution in [0.3, 0.4) is 0 Å². The zero-order valence-electron chi connectivity index (χ0n) is 10.5.